The van der Waals surface area contributed by atoms with Crippen LogP contribution < -0.4 is 16.6 Å². The van der Waals surface area contributed by atoms with Crippen molar-refractivity contribution in [3.63, 3.8) is 0 Å². The zero-order valence-corrected chi connectivity index (χ0v) is 11.7. The van der Waals surface area contributed by atoms with Crippen LogP contribution in [0.3, 0.4) is 0 Å². The molecule has 0 saturated heterocycles. The van der Waals surface area contributed by atoms with Crippen LogP contribution in [0.1, 0.15) is 39.5 Å². The molecule has 0 aromatic carbocycles. The number of aliphatic imine (C=N–C) groups is 1. The van der Waals surface area contributed by atoms with Crippen LogP contribution in [0.15, 0.2) is 4.99 Å². The van der Waals surface area contributed by atoms with Crippen LogP contribution in [-0.2, 0) is 4.74 Å². The molecule has 0 radical (unpaired) electrons. The predicted octanol–water partition coefficient (Wildman–Crippen LogP) is 1.26. The Labute approximate surface area is 111 Å². The summed E-state index contributed by atoms with van der Waals surface area (Å²) in [7, 11) is 0. The minimum atomic E-state index is 0.700. The molecule has 0 aromatic rings. The maximum Gasteiger partial charge on any atom is 0.205 e. The van der Waals surface area contributed by atoms with Gasteiger partial charge >= 0.3 is 0 Å². The Balaban J connectivity index is 2.14. The third-order valence-corrected chi connectivity index (χ3v) is 3.41. The molecule has 0 bridgehead atoms. The highest BCUT2D eigenvalue weighted by Gasteiger charge is 2.20. The van der Waals surface area contributed by atoms with E-state index in [0.717, 1.165) is 44.6 Å². The first-order valence-electron chi connectivity index (χ1n) is 7.09. The Bertz CT molecular complexity index is 245. The third kappa shape index (κ3) is 6.21. The van der Waals surface area contributed by atoms with E-state index in [-0.39, 0.29) is 0 Å². The SMILES string of the molecule is CCOCCCNC(=NCC1CCC(C)C1)NN. The molecule has 1 aliphatic carbocycles. The Hall–Kier alpha value is -0.810. The molecule has 0 amide bonds. The quantitative estimate of drug-likeness (QED) is 0.211. The first-order chi connectivity index (χ1) is 8.76. The molecular formula is C13H28N4O. The standard InChI is InChI=1S/C13H28N4O/c1-3-18-8-4-7-15-13(17-14)16-10-12-6-5-11(2)9-12/h11-12H,3-10,14H2,1-2H3,(H2,15,16,17). The van der Waals surface area contributed by atoms with Gasteiger partial charge in [0.2, 0.25) is 5.96 Å². The van der Waals surface area contributed by atoms with Gasteiger partial charge in [-0.25, -0.2) is 5.84 Å². The van der Waals surface area contributed by atoms with Gasteiger partial charge in [-0.05, 0) is 38.0 Å². The van der Waals surface area contributed by atoms with Gasteiger partial charge in [0, 0.05) is 26.3 Å². The van der Waals surface area contributed by atoms with Crippen molar-refractivity contribution in [1.82, 2.24) is 10.7 Å². The van der Waals surface area contributed by atoms with Gasteiger partial charge in [-0.2, -0.15) is 0 Å². The van der Waals surface area contributed by atoms with E-state index in [0.29, 0.717) is 5.96 Å². The minimum Gasteiger partial charge on any atom is -0.382 e. The molecule has 1 saturated carbocycles. The third-order valence-electron chi connectivity index (χ3n) is 3.41. The van der Waals surface area contributed by atoms with Crippen molar-refractivity contribution in [3.05, 3.63) is 0 Å². The number of nitrogens with one attached hydrogen (secondary N) is 2. The summed E-state index contributed by atoms with van der Waals surface area (Å²) < 4.78 is 5.27. The molecule has 5 nitrogen and oxygen atoms in total. The molecule has 1 rings (SSSR count). The Morgan fingerprint density at radius 1 is 1.44 bits per heavy atom. The number of nitrogens with zero attached hydrogens (tertiary/aromatic N) is 1. The summed E-state index contributed by atoms with van der Waals surface area (Å²) in [5.74, 6) is 7.74. The first-order valence-corrected chi connectivity index (χ1v) is 7.09. The van der Waals surface area contributed by atoms with Crippen molar-refractivity contribution in [2.75, 3.05) is 26.3 Å². The largest absolute Gasteiger partial charge is 0.382 e. The van der Waals surface area contributed by atoms with Crippen LogP contribution in [-0.4, -0.2) is 32.3 Å². The van der Waals surface area contributed by atoms with Crippen molar-refractivity contribution >= 4 is 5.96 Å². The lowest BCUT2D eigenvalue weighted by Crippen LogP contribution is -2.42. The fourth-order valence-electron chi connectivity index (χ4n) is 2.39. The van der Waals surface area contributed by atoms with E-state index in [1.54, 1.807) is 0 Å². The van der Waals surface area contributed by atoms with Crippen LogP contribution in [0.2, 0.25) is 0 Å². The second-order valence-electron chi connectivity index (χ2n) is 5.10. The number of hydrazine groups is 1. The van der Waals surface area contributed by atoms with Gasteiger partial charge in [0.15, 0.2) is 0 Å². The fraction of sp³-hybridized carbons (Fsp3) is 0.923. The van der Waals surface area contributed by atoms with Crippen LogP contribution in [0.4, 0.5) is 0 Å². The molecule has 0 aliphatic heterocycles. The molecule has 106 valence electrons. The smallest absolute Gasteiger partial charge is 0.205 e. The molecule has 18 heavy (non-hydrogen) atoms. The van der Waals surface area contributed by atoms with Gasteiger partial charge < -0.3 is 10.1 Å². The second-order valence-corrected chi connectivity index (χ2v) is 5.10. The minimum absolute atomic E-state index is 0.700. The molecule has 5 heteroatoms. The van der Waals surface area contributed by atoms with E-state index in [1.165, 1.54) is 19.3 Å². The van der Waals surface area contributed by atoms with E-state index in [1.807, 2.05) is 6.92 Å². The highest BCUT2D eigenvalue weighted by Crippen LogP contribution is 2.30. The van der Waals surface area contributed by atoms with Crippen molar-refractivity contribution < 1.29 is 4.74 Å². The normalized spacial score (nSPS) is 24.3. The number of hydrogen-bond donors (Lipinski definition) is 3. The summed E-state index contributed by atoms with van der Waals surface area (Å²) in [5, 5.41) is 3.20. The van der Waals surface area contributed by atoms with Crippen molar-refractivity contribution in [3.8, 4) is 0 Å². The average molecular weight is 256 g/mol. The zero-order valence-electron chi connectivity index (χ0n) is 11.7. The van der Waals surface area contributed by atoms with Gasteiger partial charge in [0.25, 0.3) is 0 Å². The van der Waals surface area contributed by atoms with Gasteiger partial charge in [0.1, 0.15) is 0 Å². The summed E-state index contributed by atoms with van der Waals surface area (Å²) in [4.78, 5) is 4.51. The van der Waals surface area contributed by atoms with Gasteiger partial charge in [-0.1, -0.05) is 13.3 Å². The zero-order chi connectivity index (χ0) is 13.2. The molecular weight excluding hydrogens is 228 g/mol. The van der Waals surface area contributed by atoms with Crippen molar-refractivity contribution in [1.29, 1.82) is 0 Å². The maximum atomic E-state index is 5.45. The number of ether oxygens (including phenoxy) is 1. The fourth-order valence-corrected chi connectivity index (χ4v) is 2.39. The van der Waals surface area contributed by atoms with Crippen LogP contribution in [0.25, 0.3) is 0 Å². The lowest BCUT2D eigenvalue weighted by molar-refractivity contribution is 0.145. The maximum absolute atomic E-state index is 5.45. The molecule has 2 unspecified atom stereocenters. The monoisotopic (exact) mass is 256 g/mol. The van der Waals surface area contributed by atoms with Crippen molar-refractivity contribution in [2.45, 2.75) is 39.5 Å². The molecule has 1 fully saturated rings. The van der Waals surface area contributed by atoms with Crippen molar-refractivity contribution in [2.24, 2.45) is 22.7 Å². The lowest BCUT2D eigenvalue weighted by atomic mass is 10.1. The topological polar surface area (TPSA) is 71.7 Å². The van der Waals surface area contributed by atoms with Gasteiger partial charge in [-0.3, -0.25) is 10.4 Å². The van der Waals surface area contributed by atoms with E-state index in [4.69, 9.17) is 10.6 Å². The van der Waals surface area contributed by atoms with Crippen LogP contribution in [0.5, 0.6) is 0 Å². The van der Waals surface area contributed by atoms with E-state index >= 15 is 0 Å². The van der Waals surface area contributed by atoms with E-state index in [2.05, 4.69) is 22.7 Å². The molecule has 0 heterocycles. The molecule has 0 aromatic heterocycles. The predicted molar refractivity (Wildman–Crippen MR) is 75.2 cm³/mol. The summed E-state index contributed by atoms with van der Waals surface area (Å²) in [6.07, 6.45) is 4.90. The number of guanidine groups is 1. The average Bonchev–Trinajstić information content (AvgIpc) is 2.78. The Morgan fingerprint density at radius 3 is 2.89 bits per heavy atom. The first kappa shape index (κ1) is 15.2. The number of nitrogens with two attached hydrogens (primary N) is 1. The van der Waals surface area contributed by atoms with E-state index in [9.17, 15) is 0 Å². The molecule has 1 aliphatic rings. The second kappa shape index (κ2) is 9.16. The summed E-state index contributed by atoms with van der Waals surface area (Å²) in [5.41, 5.74) is 2.63. The Morgan fingerprint density at radius 2 is 2.28 bits per heavy atom. The lowest BCUT2D eigenvalue weighted by Gasteiger charge is -2.11. The molecule has 2 atom stereocenters. The molecule has 4 N–H and O–H groups in total. The van der Waals surface area contributed by atoms with Gasteiger partial charge in [-0.15, -0.1) is 0 Å². The van der Waals surface area contributed by atoms with Crippen LogP contribution in [0, 0.1) is 11.8 Å². The summed E-state index contributed by atoms with van der Waals surface area (Å²) >= 11 is 0. The highest BCUT2D eigenvalue weighted by molar-refractivity contribution is 5.79. The van der Waals surface area contributed by atoms with Crippen LogP contribution >= 0.6 is 0 Å². The van der Waals surface area contributed by atoms with E-state index < -0.39 is 0 Å². The Kier molecular flexibility index (Phi) is 7.76. The number of rotatable bonds is 7. The number of hydrogen-bond acceptors (Lipinski definition) is 3. The summed E-state index contributed by atoms with van der Waals surface area (Å²) in [6, 6.07) is 0. The highest BCUT2D eigenvalue weighted by atomic mass is 16.5. The van der Waals surface area contributed by atoms with Gasteiger partial charge in [0.05, 0.1) is 0 Å². The summed E-state index contributed by atoms with van der Waals surface area (Å²) in [6.45, 7) is 7.59. The molecule has 0 spiro atoms.